The summed E-state index contributed by atoms with van der Waals surface area (Å²) in [5.41, 5.74) is 2.66. The summed E-state index contributed by atoms with van der Waals surface area (Å²) in [6.45, 7) is 2.53. The molecule has 0 spiro atoms. The van der Waals surface area contributed by atoms with Crippen LogP contribution in [-0.2, 0) is 11.3 Å². The zero-order valence-corrected chi connectivity index (χ0v) is 10.4. The zero-order valence-electron chi connectivity index (χ0n) is 10.4. The Morgan fingerprint density at radius 3 is 3.06 bits per heavy atom. The molecule has 18 heavy (non-hydrogen) atoms. The van der Waals surface area contributed by atoms with E-state index in [4.69, 9.17) is 0 Å². The molecule has 0 bridgehead atoms. The number of allylic oxidation sites excluding steroid dienone is 6. The molecular weight excluding hydrogens is 224 g/mol. The Balaban J connectivity index is 1.88. The topological polar surface area (TPSA) is 42.0 Å². The Labute approximate surface area is 107 Å². The molecule has 0 aliphatic heterocycles. The molecule has 0 amide bonds. The number of ketones is 1. The van der Waals surface area contributed by atoms with Gasteiger partial charge in [0.25, 0.3) is 0 Å². The lowest BCUT2D eigenvalue weighted by Gasteiger charge is -2.05. The lowest BCUT2D eigenvalue weighted by atomic mass is 10.1. The second kappa shape index (κ2) is 5.96. The maximum absolute atomic E-state index is 11.8. The molecule has 1 aromatic heterocycles. The van der Waals surface area contributed by atoms with Crippen LogP contribution in [0.15, 0.2) is 60.0 Å². The van der Waals surface area contributed by atoms with Crippen molar-refractivity contribution < 1.29 is 4.79 Å². The summed E-state index contributed by atoms with van der Waals surface area (Å²) in [7, 11) is 0. The van der Waals surface area contributed by atoms with Crippen molar-refractivity contribution in [2.75, 3.05) is 0 Å². The van der Waals surface area contributed by atoms with Crippen LogP contribution in [0.2, 0.25) is 0 Å². The summed E-state index contributed by atoms with van der Waals surface area (Å²) in [5, 5.41) is 3.18. The van der Waals surface area contributed by atoms with Crippen molar-refractivity contribution in [3.8, 4) is 0 Å². The number of rotatable bonds is 5. The summed E-state index contributed by atoms with van der Waals surface area (Å²) in [5.74, 6) is 0.0750. The average Bonchev–Trinajstić information content (AvgIpc) is 2.91. The van der Waals surface area contributed by atoms with Gasteiger partial charge in [0.2, 0.25) is 0 Å². The van der Waals surface area contributed by atoms with E-state index in [9.17, 15) is 4.79 Å². The molecule has 0 aromatic carbocycles. The first-order valence-electron chi connectivity index (χ1n) is 5.98. The Morgan fingerprint density at radius 2 is 2.39 bits per heavy atom. The highest BCUT2D eigenvalue weighted by atomic mass is 16.1. The lowest BCUT2D eigenvalue weighted by molar-refractivity contribution is -0.111. The van der Waals surface area contributed by atoms with E-state index in [-0.39, 0.29) is 5.78 Å². The molecule has 0 saturated heterocycles. The van der Waals surface area contributed by atoms with Crippen LogP contribution in [0.1, 0.15) is 19.0 Å². The summed E-state index contributed by atoms with van der Waals surface area (Å²) >= 11 is 0. The number of aromatic nitrogens is 1. The molecule has 3 heteroatoms. The molecule has 0 radical (unpaired) electrons. The smallest absolute Gasteiger partial charge is 0.183 e. The van der Waals surface area contributed by atoms with Crippen LogP contribution >= 0.6 is 0 Å². The van der Waals surface area contributed by atoms with Crippen molar-refractivity contribution in [1.29, 1.82) is 0 Å². The van der Waals surface area contributed by atoms with Gasteiger partial charge in [-0.25, -0.2) is 0 Å². The van der Waals surface area contributed by atoms with Crippen molar-refractivity contribution in [3.05, 3.63) is 65.7 Å². The van der Waals surface area contributed by atoms with Gasteiger partial charge in [-0.3, -0.25) is 9.78 Å². The summed E-state index contributed by atoms with van der Waals surface area (Å²) in [4.78, 5) is 16.0. The molecule has 0 atom stereocenters. The van der Waals surface area contributed by atoms with Crippen molar-refractivity contribution in [3.63, 3.8) is 0 Å². The maximum atomic E-state index is 11.8. The number of hydrogen-bond donors (Lipinski definition) is 1. The minimum absolute atomic E-state index is 0.0750. The molecular formula is C15H16N2O. The monoisotopic (exact) mass is 240 g/mol. The van der Waals surface area contributed by atoms with Gasteiger partial charge in [0.15, 0.2) is 5.78 Å². The lowest BCUT2D eigenvalue weighted by Crippen LogP contribution is -2.13. The van der Waals surface area contributed by atoms with Crippen LogP contribution in [0.5, 0.6) is 0 Å². The van der Waals surface area contributed by atoms with Gasteiger partial charge < -0.3 is 5.32 Å². The van der Waals surface area contributed by atoms with E-state index in [1.54, 1.807) is 12.3 Å². The minimum atomic E-state index is 0.0750. The van der Waals surface area contributed by atoms with Gasteiger partial charge in [0.05, 0.1) is 12.2 Å². The third kappa shape index (κ3) is 3.42. The van der Waals surface area contributed by atoms with E-state index in [0.29, 0.717) is 6.54 Å². The Hall–Kier alpha value is -2.16. The van der Waals surface area contributed by atoms with Gasteiger partial charge in [-0.15, -0.1) is 0 Å². The second-order valence-electron chi connectivity index (χ2n) is 4.19. The van der Waals surface area contributed by atoms with Gasteiger partial charge in [-0.05, 0) is 25.5 Å². The normalized spacial score (nSPS) is 14.5. The number of carbonyl (C=O) groups is 1. The fourth-order valence-corrected chi connectivity index (χ4v) is 1.70. The van der Waals surface area contributed by atoms with E-state index in [2.05, 4.69) is 10.3 Å². The van der Waals surface area contributed by atoms with Crippen LogP contribution < -0.4 is 5.32 Å². The van der Waals surface area contributed by atoms with Gasteiger partial charge in [0.1, 0.15) is 0 Å². The summed E-state index contributed by atoms with van der Waals surface area (Å²) in [6.07, 6.45) is 9.90. The third-order valence-corrected chi connectivity index (χ3v) is 2.71. The van der Waals surface area contributed by atoms with Crippen LogP contribution in [-0.4, -0.2) is 10.8 Å². The maximum Gasteiger partial charge on any atom is 0.183 e. The highest BCUT2D eigenvalue weighted by Gasteiger charge is 2.07. The Bertz CT molecular complexity index is 513. The van der Waals surface area contributed by atoms with Gasteiger partial charge in [-0.2, -0.15) is 0 Å². The molecule has 1 aromatic rings. The highest BCUT2D eigenvalue weighted by molar-refractivity contribution is 6.05. The Kier molecular flexibility index (Phi) is 4.07. The molecule has 0 unspecified atom stereocenters. The molecule has 92 valence electrons. The number of hydrogen-bond acceptors (Lipinski definition) is 3. The fourth-order valence-electron chi connectivity index (χ4n) is 1.70. The largest absolute Gasteiger partial charge is 0.383 e. The van der Waals surface area contributed by atoms with Crippen molar-refractivity contribution in [2.45, 2.75) is 19.9 Å². The quantitative estimate of drug-likeness (QED) is 0.804. The first-order chi connectivity index (χ1) is 8.75. The van der Waals surface area contributed by atoms with Crippen molar-refractivity contribution in [2.24, 2.45) is 0 Å². The van der Waals surface area contributed by atoms with Crippen LogP contribution in [0.25, 0.3) is 0 Å². The molecule has 1 N–H and O–H groups in total. The first kappa shape index (κ1) is 12.3. The molecule has 3 nitrogen and oxygen atoms in total. The van der Waals surface area contributed by atoms with Crippen LogP contribution in [0.4, 0.5) is 0 Å². The molecule has 2 rings (SSSR count). The second-order valence-corrected chi connectivity index (χ2v) is 4.19. The number of nitrogens with one attached hydrogen (secondary N) is 1. The number of pyridine rings is 1. The fraction of sp³-hybridized carbons (Fsp3) is 0.200. The van der Waals surface area contributed by atoms with Crippen molar-refractivity contribution >= 4 is 5.78 Å². The van der Waals surface area contributed by atoms with Gasteiger partial charge in [0, 0.05) is 23.5 Å². The van der Waals surface area contributed by atoms with Gasteiger partial charge in [-0.1, -0.05) is 24.3 Å². The average molecular weight is 240 g/mol. The zero-order chi connectivity index (χ0) is 12.8. The van der Waals surface area contributed by atoms with Crippen LogP contribution in [0.3, 0.4) is 0 Å². The van der Waals surface area contributed by atoms with E-state index >= 15 is 0 Å². The number of nitrogens with zero attached hydrogens (tertiary/aromatic N) is 1. The molecule has 1 aliphatic rings. The van der Waals surface area contributed by atoms with Crippen LogP contribution in [0, 0.1) is 0 Å². The van der Waals surface area contributed by atoms with Gasteiger partial charge >= 0.3 is 0 Å². The minimum Gasteiger partial charge on any atom is -0.383 e. The summed E-state index contributed by atoms with van der Waals surface area (Å²) in [6, 6.07) is 5.78. The molecule has 0 saturated carbocycles. The van der Waals surface area contributed by atoms with E-state index in [1.165, 1.54) is 0 Å². The molecule has 1 aliphatic carbocycles. The highest BCUT2D eigenvalue weighted by Crippen LogP contribution is 2.12. The van der Waals surface area contributed by atoms with E-state index < -0.39 is 0 Å². The Morgan fingerprint density at radius 1 is 1.50 bits per heavy atom. The first-order valence-corrected chi connectivity index (χ1v) is 5.98. The standard InChI is InChI=1S/C15H16N2O/c1-12(10-15(18)13-6-2-3-7-13)17-11-14-8-4-5-9-16-14/h2-6,8-10,17H,7,11H2,1H3/b12-10+. The number of carbonyl (C=O) groups excluding carboxylic acids is 1. The summed E-state index contributed by atoms with van der Waals surface area (Å²) < 4.78 is 0. The molecule has 1 heterocycles. The predicted molar refractivity (Wildman–Crippen MR) is 71.7 cm³/mol. The van der Waals surface area contributed by atoms with E-state index in [0.717, 1.165) is 23.4 Å². The predicted octanol–water partition coefficient (Wildman–Crippen LogP) is 2.53. The van der Waals surface area contributed by atoms with Crippen molar-refractivity contribution in [1.82, 2.24) is 10.3 Å². The SMILES string of the molecule is C/C(=C\C(=O)C1=CC=CC1)NCc1ccccn1. The third-order valence-electron chi connectivity index (χ3n) is 2.71. The molecule has 0 fully saturated rings. The van der Waals surface area contributed by atoms with E-state index in [1.807, 2.05) is 43.4 Å².